The monoisotopic (exact) mass is 386 g/mol. The Morgan fingerprint density at radius 2 is 1.41 bits per heavy atom. The molecule has 0 saturated carbocycles. The number of nitrogens with zero attached hydrogens (tertiary/aromatic N) is 2. The highest BCUT2D eigenvalue weighted by Gasteiger charge is 2.18. The molecule has 0 atom stereocenters. The fraction of sp³-hybridized carbons (Fsp3) is 0.320. The second-order valence-corrected chi connectivity index (χ2v) is 7.82. The number of pyridine rings is 1. The van der Waals surface area contributed by atoms with Crippen molar-refractivity contribution in [3.05, 3.63) is 95.8 Å². The molecule has 29 heavy (non-hydrogen) atoms. The molecule has 0 radical (unpaired) electrons. The zero-order valence-corrected chi connectivity index (χ0v) is 16.9. The van der Waals surface area contributed by atoms with E-state index in [9.17, 15) is 0 Å². The first-order chi connectivity index (χ1) is 14.3. The third kappa shape index (κ3) is 6.14. The second-order valence-electron chi connectivity index (χ2n) is 7.82. The molecule has 150 valence electrons. The van der Waals surface area contributed by atoms with Crippen LogP contribution in [0.5, 0.6) is 0 Å². The van der Waals surface area contributed by atoms with Gasteiger partial charge >= 0.3 is 0 Å². The molecular weight excluding hydrogens is 356 g/mol. The Morgan fingerprint density at radius 3 is 2.10 bits per heavy atom. The Labute approximate surface area is 174 Å². The average Bonchev–Trinajstić information content (AvgIpc) is 2.79. The average molecular weight is 387 g/mol. The Kier molecular flexibility index (Phi) is 6.89. The number of rotatable bonds is 8. The van der Waals surface area contributed by atoms with Crippen molar-refractivity contribution in [2.45, 2.75) is 38.5 Å². The molecule has 1 saturated heterocycles. The van der Waals surface area contributed by atoms with Crippen LogP contribution in [-0.4, -0.2) is 29.0 Å². The summed E-state index contributed by atoms with van der Waals surface area (Å²) in [4.78, 5) is 6.61. The maximum atomic E-state index is 4.04. The minimum absolute atomic E-state index is 0.620. The Hall–Kier alpha value is -2.69. The summed E-state index contributed by atoms with van der Waals surface area (Å²) in [5, 5.41) is 7.18. The van der Waals surface area contributed by atoms with Crippen LogP contribution in [0.15, 0.2) is 79.1 Å². The zero-order valence-electron chi connectivity index (χ0n) is 16.9. The van der Waals surface area contributed by atoms with Crippen molar-refractivity contribution in [3.8, 4) is 0 Å². The summed E-state index contributed by atoms with van der Waals surface area (Å²) in [6.45, 7) is 5.19. The summed E-state index contributed by atoms with van der Waals surface area (Å²) in [5.41, 5.74) is 5.16. The smallest absolute Gasteiger partial charge is 0.0400 e. The largest absolute Gasteiger partial charge is 0.381 e. The minimum Gasteiger partial charge on any atom is -0.381 e. The standard InChI is InChI=1S/C25H30N4/c1-2-4-23(5-3-1)20-29-16-12-25(13-17-29)28-19-22-8-6-21(7-9-22)18-27-24-10-14-26-15-11-24/h1-11,14-15,25,28H,12-13,16-20H2,(H,26,27). The molecule has 1 aliphatic heterocycles. The third-order valence-electron chi connectivity index (χ3n) is 5.63. The molecule has 0 spiro atoms. The van der Waals surface area contributed by atoms with Crippen molar-refractivity contribution in [2.24, 2.45) is 0 Å². The number of anilines is 1. The van der Waals surface area contributed by atoms with E-state index in [1.165, 1.54) is 42.6 Å². The van der Waals surface area contributed by atoms with Gasteiger partial charge in [0.05, 0.1) is 0 Å². The quantitative estimate of drug-likeness (QED) is 0.600. The maximum absolute atomic E-state index is 4.04. The lowest BCUT2D eigenvalue weighted by Crippen LogP contribution is -2.41. The minimum atomic E-state index is 0.620. The molecule has 0 amide bonds. The first-order valence-electron chi connectivity index (χ1n) is 10.6. The molecule has 2 aromatic carbocycles. The lowest BCUT2D eigenvalue weighted by atomic mass is 10.0. The summed E-state index contributed by atoms with van der Waals surface area (Å²) < 4.78 is 0. The molecule has 4 heteroatoms. The Bertz CT molecular complexity index is 841. The van der Waals surface area contributed by atoms with Crippen LogP contribution in [-0.2, 0) is 19.6 Å². The van der Waals surface area contributed by atoms with Crippen LogP contribution in [0, 0.1) is 0 Å². The van der Waals surface area contributed by atoms with Gasteiger partial charge in [-0.1, -0.05) is 54.6 Å². The van der Waals surface area contributed by atoms with E-state index in [1.807, 2.05) is 24.5 Å². The fourth-order valence-corrected chi connectivity index (χ4v) is 3.85. The molecule has 1 aliphatic rings. The number of piperidine rings is 1. The summed E-state index contributed by atoms with van der Waals surface area (Å²) >= 11 is 0. The van der Waals surface area contributed by atoms with E-state index >= 15 is 0 Å². The van der Waals surface area contributed by atoms with Gasteiger partial charge in [-0.3, -0.25) is 9.88 Å². The molecule has 3 aromatic rings. The third-order valence-corrected chi connectivity index (χ3v) is 5.63. The summed E-state index contributed by atoms with van der Waals surface area (Å²) in [5.74, 6) is 0. The highest BCUT2D eigenvalue weighted by atomic mass is 15.1. The highest BCUT2D eigenvalue weighted by molar-refractivity contribution is 5.41. The van der Waals surface area contributed by atoms with E-state index in [2.05, 4.69) is 75.1 Å². The fourth-order valence-electron chi connectivity index (χ4n) is 3.85. The van der Waals surface area contributed by atoms with Gasteiger partial charge in [0.1, 0.15) is 0 Å². The second kappa shape index (κ2) is 10.2. The van der Waals surface area contributed by atoms with Crippen LogP contribution in [0.1, 0.15) is 29.5 Å². The molecule has 0 bridgehead atoms. The Morgan fingerprint density at radius 1 is 0.759 bits per heavy atom. The van der Waals surface area contributed by atoms with Crippen LogP contribution in [0.4, 0.5) is 5.69 Å². The van der Waals surface area contributed by atoms with Gasteiger partial charge in [0.25, 0.3) is 0 Å². The number of nitrogens with one attached hydrogen (secondary N) is 2. The van der Waals surface area contributed by atoms with E-state index < -0.39 is 0 Å². The van der Waals surface area contributed by atoms with Crippen molar-refractivity contribution in [1.82, 2.24) is 15.2 Å². The molecule has 0 unspecified atom stereocenters. The van der Waals surface area contributed by atoms with Gasteiger partial charge < -0.3 is 10.6 Å². The lowest BCUT2D eigenvalue weighted by Gasteiger charge is -2.32. The van der Waals surface area contributed by atoms with Gasteiger partial charge in [-0.2, -0.15) is 0 Å². The summed E-state index contributed by atoms with van der Waals surface area (Å²) in [7, 11) is 0. The van der Waals surface area contributed by atoms with Crippen molar-refractivity contribution in [3.63, 3.8) is 0 Å². The number of hydrogen-bond acceptors (Lipinski definition) is 4. The van der Waals surface area contributed by atoms with Crippen LogP contribution in [0.25, 0.3) is 0 Å². The normalized spacial score (nSPS) is 15.3. The summed E-state index contributed by atoms with van der Waals surface area (Å²) in [6.07, 6.45) is 6.06. The van der Waals surface area contributed by atoms with Crippen molar-refractivity contribution < 1.29 is 0 Å². The molecule has 0 aliphatic carbocycles. The molecule has 4 rings (SSSR count). The van der Waals surface area contributed by atoms with Gasteiger partial charge in [-0.25, -0.2) is 0 Å². The number of benzene rings is 2. The van der Waals surface area contributed by atoms with Gasteiger partial charge in [-0.05, 0) is 54.8 Å². The number of hydrogen-bond donors (Lipinski definition) is 2. The van der Waals surface area contributed by atoms with Gasteiger partial charge in [0.2, 0.25) is 0 Å². The molecule has 2 N–H and O–H groups in total. The van der Waals surface area contributed by atoms with Crippen LogP contribution < -0.4 is 10.6 Å². The van der Waals surface area contributed by atoms with Crippen LogP contribution >= 0.6 is 0 Å². The molecule has 1 aromatic heterocycles. The first kappa shape index (κ1) is 19.6. The predicted octanol–water partition coefficient (Wildman–Crippen LogP) is 4.45. The Balaban J connectivity index is 1.17. The van der Waals surface area contributed by atoms with Crippen molar-refractivity contribution in [1.29, 1.82) is 0 Å². The van der Waals surface area contributed by atoms with Crippen molar-refractivity contribution >= 4 is 5.69 Å². The zero-order chi connectivity index (χ0) is 19.7. The van der Waals surface area contributed by atoms with Crippen LogP contribution in [0.3, 0.4) is 0 Å². The van der Waals surface area contributed by atoms with Crippen LogP contribution in [0.2, 0.25) is 0 Å². The first-order valence-corrected chi connectivity index (χ1v) is 10.6. The van der Waals surface area contributed by atoms with Crippen molar-refractivity contribution in [2.75, 3.05) is 18.4 Å². The van der Waals surface area contributed by atoms with Gasteiger partial charge in [-0.15, -0.1) is 0 Å². The highest BCUT2D eigenvalue weighted by Crippen LogP contribution is 2.15. The van der Waals surface area contributed by atoms with E-state index in [0.717, 1.165) is 25.3 Å². The predicted molar refractivity (Wildman–Crippen MR) is 120 cm³/mol. The van der Waals surface area contributed by atoms with E-state index in [1.54, 1.807) is 0 Å². The number of aromatic nitrogens is 1. The van der Waals surface area contributed by atoms with E-state index in [4.69, 9.17) is 0 Å². The lowest BCUT2D eigenvalue weighted by molar-refractivity contribution is 0.190. The van der Waals surface area contributed by atoms with E-state index in [-0.39, 0.29) is 0 Å². The molecule has 2 heterocycles. The number of likely N-dealkylation sites (tertiary alicyclic amines) is 1. The molecular formula is C25H30N4. The molecule has 4 nitrogen and oxygen atoms in total. The summed E-state index contributed by atoms with van der Waals surface area (Å²) in [6, 6.07) is 24.3. The topological polar surface area (TPSA) is 40.2 Å². The maximum Gasteiger partial charge on any atom is 0.0400 e. The molecule has 1 fully saturated rings. The van der Waals surface area contributed by atoms with Gasteiger partial charge in [0.15, 0.2) is 0 Å². The SMILES string of the molecule is c1ccc(CN2CCC(NCc3ccc(CNc4ccncc4)cc3)CC2)cc1. The van der Waals surface area contributed by atoms with E-state index in [0.29, 0.717) is 6.04 Å². The van der Waals surface area contributed by atoms with Gasteiger partial charge in [0, 0.05) is 43.8 Å².